The van der Waals surface area contributed by atoms with Gasteiger partial charge in [-0.15, -0.1) is 0 Å². The summed E-state index contributed by atoms with van der Waals surface area (Å²) < 4.78 is 18.8. The number of aryl methyl sites for hydroxylation is 1. The fourth-order valence-electron chi connectivity index (χ4n) is 4.22. The molecule has 4 nitrogen and oxygen atoms in total. The van der Waals surface area contributed by atoms with Gasteiger partial charge < -0.3 is 0 Å². The van der Waals surface area contributed by atoms with Gasteiger partial charge in [0.1, 0.15) is 0 Å². The van der Waals surface area contributed by atoms with Gasteiger partial charge in [0.25, 0.3) is 0 Å². The number of hydrogen-bond donors (Lipinski definition) is 0. The molecule has 0 N–H and O–H groups in total. The molecule has 0 saturated carbocycles. The Morgan fingerprint density at radius 2 is 1.44 bits per heavy atom. The normalized spacial score (nSPS) is 17.2. The molecule has 1 aromatic heterocycles. The monoisotopic (exact) mass is 403 g/mol. The summed E-state index contributed by atoms with van der Waals surface area (Å²) in [7, 11) is 3.44. The Labute approximate surface area is 167 Å². The zero-order valence-electron chi connectivity index (χ0n) is 17.6. The number of hydrogen-bond acceptors (Lipinski definition) is 4. The van der Waals surface area contributed by atoms with Crippen LogP contribution in [0.3, 0.4) is 0 Å². The molecular formula is C22H29NO3Ti. The topological polar surface area (TPSA) is 40.6 Å². The van der Waals surface area contributed by atoms with Gasteiger partial charge in [-0.05, 0) is 0 Å². The molecule has 0 saturated heterocycles. The zero-order valence-corrected chi connectivity index (χ0v) is 19.1. The summed E-state index contributed by atoms with van der Waals surface area (Å²) in [5.74, 6) is 0.813. The average Bonchev–Trinajstić information content (AvgIpc) is 2.84. The fraction of sp³-hybridized carbons (Fsp3) is 0.409. The first-order chi connectivity index (χ1) is 12.7. The Morgan fingerprint density at radius 1 is 0.889 bits per heavy atom. The first kappa shape index (κ1) is 20.3. The molecule has 0 radical (unpaired) electrons. The van der Waals surface area contributed by atoms with Gasteiger partial charge >= 0.3 is 167 Å². The number of rotatable bonds is 5. The second kappa shape index (κ2) is 7.18. The minimum absolute atomic E-state index is 0.367. The Morgan fingerprint density at radius 3 is 2.00 bits per heavy atom. The van der Waals surface area contributed by atoms with E-state index in [0.29, 0.717) is 0 Å². The van der Waals surface area contributed by atoms with E-state index in [1.54, 1.807) is 14.2 Å². The van der Waals surface area contributed by atoms with Crippen LogP contribution in [-0.4, -0.2) is 19.2 Å². The van der Waals surface area contributed by atoms with Gasteiger partial charge in [-0.25, -0.2) is 0 Å². The van der Waals surface area contributed by atoms with E-state index in [-0.39, 0.29) is 3.72 Å². The summed E-state index contributed by atoms with van der Waals surface area (Å²) in [5.41, 5.74) is 7.05. The summed E-state index contributed by atoms with van der Waals surface area (Å²) >= 11 is -3.84. The van der Waals surface area contributed by atoms with Gasteiger partial charge in [0.15, 0.2) is 0 Å². The van der Waals surface area contributed by atoms with E-state index >= 15 is 0 Å². The maximum absolute atomic E-state index is 6.80. The molecule has 1 aliphatic rings. The third-order valence-electron chi connectivity index (χ3n) is 6.48. The minimum atomic E-state index is -3.84. The Balaban J connectivity index is 2.23. The first-order valence-corrected chi connectivity index (χ1v) is 11.9. The van der Waals surface area contributed by atoms with Gasteiger partial charge in [0.2, 0.25) is 0 Å². The zero-order chi connectivity index (χ0) is 20.0. The molecule has 0 bridgehead atoms. The molecule has 144 valence electrons. The number of allylic oxidation sites excluding steroid dienone is 4. The molecule has 0 fully saturated rings. The molecule has 1 heterocycles. The third kappa shape index (κ3) is 2.82. The van der Waals surface area contributed by atoms with E-state index in [1.807, 2.05) is 37.4 Å². The Kier molecular flexibility index (Phi) is 5.39. The molecule has 2 aromatic rings. The quantitative estimate of drug-likeness (QED) is 0.576. The fourth-order valence-corrected chi connectivity index (χ4v) is 9.19. The number of pyridine rings is 1. The van der Waals surface area contributed by atoms with Gasteiger partial charge in [0, 0.05) is 0 Å². The average molecular weight is 403 g/mol. The van der Waals surface area contributed by atoms with Crippen LogP contribution in [0.15, 0.2) is 52.8 Å². The molecule has 0 spiro atoms. The van der Waals surface area contributed by atoms with Crippen molar-refractivity contribution in [3.63, 3.8) is 0 Å². The summed E-state index contributed by atoms with van der Waals surface area (Å²) in [6.07, 6.45) is 1.86. The molecule has 0 unspecified atom stereocenters. The van der Waals surface area contributed by atoms with E-state index in [2.05, 4.69) is 39.6 Å². The van der Waals surface area contributed by atoms with Crippen molar-refractivity contribution in [2.75, 3.05) is 14.2 Å². The Hall–Kier alpha value is -1.46. The second-order valence-electron chi connectivity index (χ2n) is 7.48. The van der Waals surface area contributed by atoms with Crippen molar-refractivity contribution in [2.45, 2.75) is 45.3 Å². The van der Waals surface area contributed by atoms with Crippen molar-refractivity contribution in [1.29, 1.82) is 0 Å². The molecule has 1 aliphatic carbocycles. The number of aromatic nitrogens is 1. The summed E-state index contributed by atoms with van der Waals surface area (Å²) in [6, 6.07) is 8.03. The van der Waals surface area contributed by atoms with Crippen molar-refractivity contribution >= 4 is 10.9 Å². The van der Waals surface area contributed by atoms with Crippen molar-refractivity contribution in [3.8, 4) is 5.75 Å². The second-order valence-corrected chi connectivity index (χ2v) is 12.4. The molecule has 5 heteroatoms. The SMILES string of the molecule is C[O][Ti]([O]C)([O]c1c(C)cnc2ccccc12)[C]1(C)C(C)=C(C)C(C)=C1C. The summed E-state index contributed by atoms with van der Waals surface area (Å²) in [6.45, 7) is 12.9. The van der Waals surface area contributed by atoms with Crippen molar-refractivity contribution < 1.29 is 27.7 Å². The van der Waals surface area contributed by atoms with Gasteiger partial charge in [-0.1, -0.05) is 0 Å². The molecule has 0 amide bonds. The number of nitrogens with zero attached hydrogens (tertiary/aromatic N) is 1. The van der Waals surface area contributed by atoms with Crippen LogP contribution >= 0.6 is 0 Å². The van der Waals surface area contributed by atoms with Crippen LogP contribution in [0.1, 0.15) is 40.2 Å². The standard InChI is InChI=1S/C10H9NO.C10H15.2CH3O.Ti/c1-7-6-11-9-5-3-2-4-8(9)10(7)12;1-6-7(2)9(4)10(5)8(6)3;2*1-2;/h2-6H,1H3,(H,11,12);1-5H3;2*1H3;/q;;2*-1;+3/p-1. The predicted octanol–water partition coefficient (Wildman–Crippen LogP) is 5.98. The summed E-state index contributed by atoms with van der Waals surface area (Å²) in [5, 5.41) is 0.986. The van der Waals surface area contributed by atoms with Gasteiger partial charge in [0.05, 0.1) is 0 Å². The van der Waals surface area contributed by atoms with Crippen LogP contribution in [-0.2, 0) is 24.4 Å². The van der Waals surface area contributed by atoms with Crippen LogP contribution < -0.4 is 3.32 Å². The number of fused-ring (bicyclic) bond motifs is 1. The predicted molar refractivity (Wildman–Crippen MR) is 106 cm³/mol. The van der Waals surface area contributed by atoms with Crippen LogP contribution in [0, 0.1) is 6.92 Å². The maximum atomic E-state index is 6.80. The molecule has 0 atom stereocenters. The van der Waals surface area contributed by atoms with E-state index in [4.69, 9.17) is 9.96 Å². The van der Waals surface area contributed by atoms with Crippen LogP contribution in [0.25, 0.3) is 10.9 Å². The number of benzene rings is 1. The molecule has 0 aliphatic heterocycles. The molecule has 3 rings (SSSR count). The van der Waals surface area contributed by atoms with Crippen molar-refractivity contribution in [2.24, 2.45) is 0 Å². The van der Waals surface area contributed by atoms with Crippen molar-refractivity contribution in [3.05, 3.63) is 58.3 Å². The first-order valence-electron chi connectivity index (χ1n) is 9.23. The van der Waals surface area contributed by atoms with E-state index in [0.717, 1.165) is 22.2 Å². The van der Waals surface area contributed by atoms with E-state index in [1.165, 1.54) is 22.3 Å². The van der Waals surface area contributed by atoms with E-state index < -0.39 is 17.8 Å². The third-order valence-corrected chi connectivity index (χ3v) is 12.0. The van der Waals surface area contributed by atoms with Crippen LogP contribution in [0.5, 0.6) is 5.75 Å². The summed E-state index contributed by atoms with van der Waals surface area (Å²) in [4.78, 5) is 4.53. The molecule has 27 heavy (non-hydrogen) atoms. The Bertz CT molecular complexity index is 933. The van der Waals surface area contributed by atoms with Crippen LogP contribution in [0.2, 0.25) is 3.72 Å². The van der Waals surface area contributed by atoms with E-state index in [9.17, 15) is 0 Å². The van der Waals surface area contributed by atoms with Crippen molar-refractivity contribution in [1.82, 2.24) is 4.98 Å². The van der Waals surface area contributed by atoms with Gasteiger partial charge in [-0.3, -0.25) is 0 Å². The number of para-hydroxylation sites is 1. The van der Waals surface area contributed by atoms with Crippen LogP contribution in [0.4, 0.5) is 0 Å². The molecule has 1 aromatic carbocycles. The molecular weight excluding hydrogens is 374 g/mol. The van der Waals surface area contributed by atoms with Gasteiger partial charge in [-0.2, -0.15) is 0 Å².